The molecule has 114 valence electrons. The van der Waals surface area contributed by atoms with Gasteiger partial charge in [0.2, 0.25) is 15.9 Å². The van der Waals surface area contributed by atoms with Gasteiger partial charge < -0.3 is 9.52 Å². The molecule has 0 fully saturated rings. The summed E-state index contributed by atoms with van der Waals surface area (Å²) in [4.78, 5) is 4.00. The first-order valence-electron chi connectivity index (χ1n) is 6.62. The number of aliphatic hydroxyl groups excluding tert-OH is 1. The number of hydrogen-bond acceptors (Lipinski definition) is 5. The lowest BCUT2D eigenvalue weighted by atomic mass is 10.1. The summed E-state index contributed by atoms with van der Waals surface area (Å²) < 4.78 is 31.8. The molecule has 0 radical (unpaired) electrons. The largest absolute Gasteiger partial charge is 0.444 e. The predicted molar refractivity (Wildman–Crippen MR) is 77.7 cm³/mol. The van der Waals surface area contributed by atoms with Gasteiger partial charge in [-0.25, -0.2) is 18.1 Å². The predicted octanol–water partition coefficient (Wildman–Crippen LogP) is 1.35. The van der Waals surface area contributed by atoms with Crippen LogP contribution in [0.4, 0.5) is 0 Å². The molecule has 0 spiro atoms. The van der Waals surface area contributed by atoms with E-state index in [0.29, 0.717) is 23.4 Å². The van der Waals surface area contributed by atoms with Gasteiger partial charge in [-0.2, -0.15) is 0 Å². The second-order valence-electron chi connectivity index (χ2n) is 4.63. The summed E-state index contributed by atoms with van der Waals surface area (Å²) in [6.45, 7) is 1.85. The van der Waals surface area contributed by atoms with Crippen LogP contribution in [0.2, 0.25) is 0 Å². The van der Waals surface area contributed by atoms with Crippen molar-refractivity contribution in [1.29, 1.82) is 0 Å². The molecule has 0 aliphatic heterocycles. The smallest absolute Gasteiger partial charge is 0.216 e. The monoisotopic (exact) mass is 310 g/mol. The summed E-state index contributed by atoms with van der Waals surface area (Å²) in [5.74, 6) is 0.918. The topological polar surface area (TPSA) is 92.4 Å². The highest BCUT2D eigenvalue weighted by Gasteiger charge is 2.13. The van der Waals surface area contributed by atoms with E-state index in [4.69, 9.17) is 9.52 Å². The van der Waals surface area contributed by atoms with Gasteiger partial charge in [-0.1, -0.05) is 31.2 Å². The van der Waals surface area contributed by atoms with Crippen molar-refractivity contribution >= 4 is 10.0 Å². The Bertz CT molecular complexity index is 695. The first-order valence-corrected chi connectivity index (χ1v) is 8.27. The lowest BCUT2D eigenvalue weighted by Gasteiger charge is -2.06. The number of nitrogens with one attached hydrogen (secondary N) is 1. The number of nitrogens with zero attached hydrogens (tertiary/aromatic N) is 1. The van der Waals surface area contributed by atoms with E-state index in [0.717, 1.165) is 5.76 Å². The molecule has 7 heteroatoms. The number of hydrogen-bond donors (Lipinski definition) is 2. The summed E-state index contributed by atoms with van der Waals surface area (Å²) in [6, 6.07) is 6.83. The van der Waals surface area contributed by atoms with Crippen LogP contribution >= 0.6 is 0 Å². The molecular weight excluding hydrogens is 292 g/mol. The first kappa shape index (κ1) is 15.7. The van der Waals surface area contributed by atoms with Crippen molar-refractivity contribution in [1.82, 2.24) is 9.71 Å². The van der Waals surface area contributed by atoms with E-state index < -0.39 is 10.0 Å². The fraction of sp³-hybridized carbons (Fsp3) is 0.357. The second-order valence-corrected chi connectivity index (χ2v) is 6.44. The molecule has 1 heterocycles. The summed E-state index contributed by atoms with van der Waals surface area (Å²) in [7, 11) is -3.49. The van der Waals surface area contributed by atoms with Crippen LogP contribution in [0, 0.1) is 0 Å². The molecule has 0 unspecified atom stereocenters. The third-order valence-corrected chi connectivity index (χ3v) is 4.22. The van der Waals surface area contributed by atoms with Gasteiger partial charge in [-0.15, -0.1) is 0 Å². The van der Waals surface area contributed by atoms with Gasteiger partial charge in [0.1, 0.15) is 5.76 Å². The molecule has 6 nitrogen and oxygen atoms in total. The lowest BCUT2D eigenvalue weighted by Crippen LogP contribution is -2.24. The van der Waals surface area contributed by atoms with Crippen LogP contribution in [0.15, 0.2) is 34.9 Å². The molecule has 0 bridgehead atoms. The van der Waals surface area contributed by atoms with E-state index in [1.807, 2.05) is 6.92 Å². The van der Waals surface area contributed by atoms with Gasteiger partial charge in [0.25, 0.3) is 0 Å². The molecule has 2 rings (SSSR count). The van der Waals surface area contributed by atoms with Gasteiger partial charge in [-0.05, 0) is 11.1 Å². The molecule has 0 aliphatic rings. The fourth-order valence-corrected chi connectivity index (χ4v) is 2.92. The third kappa shape index (κ3) is 4.66. The van der Waals surface area contributed by atoms with Crippen molar-refractivity contribution in [3.05, 3.63) is 53.2 Å². The van der Waals surface area contributed by atoms with Crippen LogP contribution in [0.1, 0.15) is 29.7 Å². The molecule has 0 amide bonds. The SMILES string of the molecule is CCc1cnc(CNS(=O)(=O)Cc2cccc(CO)c2)o1. The Kier molecular flexibility index (Phi) is 5.11. The third-order valence-electron chi connectivity index (χ3n) is 2.92. The van der Waals surface area contributed by atoms with Crippen LogP contribution < -0.4 is 4.72 Å². The molecule has 0 aliphatic carbocycles. The number of benzene rings is 1. The first-order chi connectivity index (χ1) is 10.0. The Morgan fingerprint density at radius 3 is 2.76 bits per heavy atom. The average Bonchev–Trinajstić information content (AvgIpc) is 2.93. The van der Waals surface area contributed by atoms with E-state index in [2.05, 4.69) is 9.71 Å². The standard InChI is InChI=1S/C14H18N2O4S/c1-2-13-7-15-14(20-13)8-16-21(18,19)10-12-5-3-4-11(6-12)9-17/h3-7,16-17H,2,8-10H2,1H3. The molecule has 2 aromatic rings. The highest BCUT2D eigenvalue weighted by Crippen LogP contribution is 2.10. The summed E-state index contributed by atoms with van der Waals surface area (Å²) >= 11 is 0. The molecular formula is C14H18N2O4S. The molecule has 0 saturated carbocycles. The van der Waals surface area contributed by atoms with E-state index in [-0.39, 0.29) is 18.9 Å². The quantitative estimate of drug-likeness (QED) is 0.805. The zero-order chi connectivity index (χ0) is 15.3. The molecule has 0 atom stereocenters. The van der Waals surface area contributed by atoms with Crippen molar-refractivity contribution in [3.63, 3.8) is 0 Å². The summed E-state index contributed by atoms with van der Waals surface area (Å²) in [5, 5.41) is 9.05. The summed E-state index contributed by atoms with van der Waals surface area (Å²) in [5.41, 5.74) is 1.30. The van der Waals surface area contributed by atoms with E-state index >= 15 is 0 Å². The van der Waals surface area contributed by atoms with Crippen LogP contribution in [0.25, 0.3) is 0 Å². The van der Waals surface area contributed by atoms with Crippen LogP contribution in [-0.2, 0) is 35.3 Å². The minimum absolute atomic E-state index is 0.0298. The molecule has 1 aromatic carbocycles. The van der Waals surface area contributed by atoms with E-state index in [1.54, 1.807) is 30.5 Å². The second kappa shape index (κ2) is 6.84. The highest BCUT2D eigenvalue weighted by molar-refractivity contribution is 7.88. The molecule has 1 aromatic heterocycles. The fourth-order valence-electron chi connectivity index (χ4n) is 1.85. The Balaban J connectivity index is 1.98. The molecule has 0 saturated heterocycles. The van der Waals surface area contributed by atoms with Crippen molar-refractivity contribution in [2.75, 3.05) is 0 Å². The van der Waals surface area contributed by atoms with Crippen molar-refractivity contribution in [2.24, 2.45) is 0 Å². The Morgan fingerprint density at radius 2 is 2.10 bits per heavy atom. The van der Waals surface area contributed by atoms with Gasteiger partial charge >= 0.3 is 0 Å². The minimum atomic E-state index is -3.49. The normalized spacial score (nSPS) is 11.7. The van der Waals surface area contributed by atoms with Crippen molar-refractivity contribution in [3.8, 4) is 0 Å². The number of aryl methyl sites for hydroxylation is 1. The van der Waals surface area contributed by atoms with Crippen molar-refractivity contribution < 1.29 is 17.9 Å². The van der Waals surface area contributed by atoms with Crippen LogP contribution in [0.5, 0.6) is 0 Å². The van der Waals surface area contributed by atoms with E-state index in [9.17, 15) is 8.42 Å². The minimum Gasteiger partial charge on any atom is -0.444 e. The molecule has 2 N–H and O–H groups in total. The highest BCUT2D eigenvalue weighted by atomic mass is 32.2. The zero-order valence-electron chi connectivity index (χ0n) is 11.7. The number of rotatable bonds is 7. The maximum atomic E-state index is 12.0. The average molecular weight is 310 g/mol. The number of oxazole rings is 1. The number of aromatic nitrogens is 1. The Labute approximate surface area is 123 Å². The number of aliphatic hydroxyl groups is 1. The lowest BCUT2D eigenvalue weighted by molar-refractivity contribution is 0.282. The van der Waals surface area contributed by atoms with E-state index in [1.165, 1.54) is 0 Å². The van der Waals surface area contributed by atoms with Gasteiger partial charge in [0.05, 0.1) is 25.1 Å². The van der Waals surface area contributed by atoms with Crippen LogP contribution in [0.3, 0.4) is 0 Å². The zero-order valence-corrected chi connectivity index (χ0v) is 12.6. The van der Waals surface area contributed by atoms with Crippen LogP contribution in [-0.4, -0.2) is 18.5 Å². The van der Waals surface area contributed by atoms with Gasteiger partial charge in [-0.3, -0.25) is 0 Å². The maximum absolute atomic E-state index is 12.0. The Morgan fingerprint density at radius 1 is 1.33 bits per heavy atom. The van der Waals surface area contributed by atoms with Crippen molar-refractivity contribution in [2.45, 2.75) is 32.2 Å². The molecule has 21 heavy (non-hydrogen) atoms. The Hall–Kier alpha value is -1.70. The number of sulfonamides is 1. The van der Waals surface area contributed by atoms with Gasteiger partial charge in [0, 0.05) is 6.42 Å². The van der Waals surface area contributed by atoms with Gasteiger partial charge in [0.15, 0.2) is 0 Å². The summed E-state index contributed by atoms with van der Waals surface area (Å²) in [6.07, 6.45) is 2.31. The maximum Gasteiger partial charge on any atom is 0.216 e.